The summed E-state index contributed by atoms with van der Waals surface area (Å²) in [7, 11) is 0. The zero-order valence-electron chi connectivity index (χ0n) is 10.3. The first kappa shape index (κ1) is 11.5. The summed E-state index contributed by atoms with van der Waals surface area (Å²) in [5.41, 5.74) is 0.362. The molecule has 0 radical (unpaired) electrons. The number of hydrogen-bond acceptors (Lipinski definition) is 1. The number of nitrogens with one attached hydrogen (secondary N) is 1. The van der Waals surface area contributed by atoms with E-state index in [0.29, 0.717) is 18.4 Å². The number of rotatable bonds is 0. The van der Waals surface area contributed by atoms with Gasteiger partial charge in [-0.25, -0.2) is 0 Å². The third kappa shape index (κ3) is 2.28. The van der Waals surface area contributed by atoms with E-state index >= 15 is 0 Å². The Kier molecular flexibility index (Phi) is 2.68. The van der Waals surface area contributed by atoms with Crippen molar-refractivity contribution in [1.82, 2.24) is 5.32 Å². The molecule has 1 saturated heterocycles. The normalized spacial score (nSPS) is 29.1. The quantitative estimate of drug-likeness (QED) is 0.635. The van der Waals surface area contributed by atoms with Gasteiger partial charge in [-0.05, 0) is 16.7 Å². The lowest BCUT2D eigenvalue weighted by molar-refractivity contribution is -0.119. The van der Waals surface area contributed by atoms with Crippen LogP contribution in [-0.4, -0.2) is 11.9 Å². The van der Waals surface area contributed by atoms with Crippen molar-refractivity contribution in [1.29, 1.82) is 0 Å². The predicted octanol–water partition coefficient (Wildman–Crippen LogP) is 2.58. The summed E-state index contributed by atoms with van der Waals surface area (Å²) in [6.45, 7) is 13.2. The molecule has 0 aromatic rings. The van der Waals surface area contributed by atoms with E-state index in [1.54, 1.807) is 0 Å². The highest BCUT2D eigenvalue weighted by Crippen LogP contribution is 2.41. The van der Waals surface area contributed by atoms with Crippen LogP contribution in [0.5, 0.6) is 0 Å². The topological polar surface area (TPSA) is 29.1 Å². The Morgan fingerprint density at radius 3 is 1.86 bits per heavy atom. The highest BCUT2D eigenvalue weighted by atomic mass is 16.2. The summed E-state index contributed by atoms with van der Waals surface area (Å²) in [4.78, 5) is 11.4. The van der Waals surface area contributed by atoms with Crippen LogP contribution in [0.25, 0.3) is 0 Å². The van der Waals surface area contributed by atoms with Gasteiger partial charge in [-0.1, -0.05) is 41.5 Å². The molecule has 0 saturated carbocycles. The van der Waals surface area contributed by atoms with Crippen LogP contribution in [0, 0.1) is 16.7 Å². The second kappa shape index (κ2) is 3.25. The van der Waals surface area contributed by atoms with Gasteiger partial charge < -0.3 is 5.32 Å². The fourth-order valence-electron chi connectivity index (χ4n) is 2.28. The van der Waals surface area contributed by atoms with Crippen LogP contribution in [0.15, 0.2) is 0 Å². The van der Waals surface area contributed by atoms with Crippen molar-refractivity contribution in [2.45, 2.75) is 54.0 Å². The molecule has 0 aromatic heterocycles. The van der Waals surface area contributed by atoms with E-state index in [1.165, 1.54) is 0 Å². The second-order valence-corrected chi connectivity index (χ2v) is 6.59. The van der Waals surface area contributed by atoms with E-state index in [1.807, 2.05) is 0 Å². The van der Waals surface area contributed by atoms with Crippen LogP contribution in [0.2, 0.25) is 0 Å². The van der Waals surface area contributed by atoms with Crippen LogP contribution in [0.3, 0.4) is 0 Å². The van der Waals surface area contributed by atoms with E-state index in [0.717, 1.165) is 0 Å². The molecule has 14 heavy (non-hydrogen) atoms. The van der Waals surface area contributed by atoms with Gasteiger partial charge in [-0.3, -0.25) is 4.79 Å². The number of hydrogen-bond donors (Lipinski definition) is 1. The number of carbonyl (C=O) groups is 1. The Labute approximate surface area is 87.5 Å². The van der Waals surface area contributed by atoms with Gasteiger partial charge in [-0.2, -0.15) is 0 Å². The molecule has 1 fully saturated rings. The van der Waals surface area contributed by atoms with Crippen LogP contribution < -0.4 is 5.32 Å². The van der Waals surface area contributed by atoms with Crippen molar-refractivity contribution in [3.63, 3.8) is 0 Å². The zero-order valence-corrected chi connectivity index (χ0v) is 10.3. The lowest BCUT2D eigenvalue weighted by atomic mass is 9.69. The maximum Gasteiger partial charge on any atom is 0.220 e. The molecule has 1 N–H and O–H groups in total. The van der Waals surface area contributed by atoms with Crippen molar-refractivity contribution < 1.29 is 4.79 Å². The van der Waals surface area contributed by atoms with Crippen molar-refractivity contribution >= 4 is 5.91 Å². The standard InChI is InChI=1S/C12H23NO/c1-11(2,3)8-7-9(14)13-10(8)12(4,5)6/h8,10H,7H2,1-6H3,(H,13,14). The first-order valence-corrected chi connectivity index (χ1v) is 5.42. The minimum absolute atomic E-state index is 0.157. The minimum Gasteiger partial charge on any atom is -0.353 e. The van der Waals surface area contributed by atoms with Crippen molar-refractivity contribution in [3.8, 4) is 0 Å². The van der Waals surface area contributed by atoms with Crippen LogP contribution >= 0.6 is 0 Å². The monoisotopic (exact) mass is 197 g/mol. The predicted molar refractivity (Wildman–Crippen MR) is 58.9 cm³/mol. The van der Waals surface area contributed by atoms with Crippen molar-refractivity contribution in [2.75, 3.05) is 0 Å². The molecule has 0 aromatic carbocycles. The van der Waals surface area contributed by atoms with Gasteiger partial charge in [0.1, 0.15) is 0 Å². The first-order chi connectivity index (χ1) is 6.12. The molecule has 2 nitrogen and oxygen atoms in total. The van der Waals surface area contributed by atoms with Gasteiger partial charge in [-0.15, -0.1) is 0 Å². The lowest BCUT2D eigenvalue weighted by Gasteiger charge is -2.38. The molecule has 1 aliphatic rings. The molecule has 2 atom stereocenters. The number of carbonyl (C=O) groups excluding carboxylic acids is 1. The Morgan fingerprint density at radius 1 is 1.07 bits per heavy atom. The van der Waals surface area contributed by atoms with E-state index < -0.39 is 0 Å². The summed E-state index contributed by atoms with van der Waals surface area (Å²) in [5, 5.41) is 3.11. The maximum atomic E-state index is 11.4. The molecule has 1 rings (SSSR count). The highest BCUT2D eigenvalue weighted by molar-refractivity contribution is 5.79. The van der Waals surface area contributed by atoms with Gasteiger partial charge in [0.2, 0.25) is 5.91 Å². The van der Waals surface area contributed by atoms with Gasteiger partial charge in [0, 0.05) is 12.5 Å². The smallest absolute Gasteiger partial charge is 0.220 e. The third-order valence-electron chi connectivity index (χ3n) is 3.17. The summed E-state index contributed by atoms with van der Waals surface area (Å²) in [5.74, 6) is 0.667. The minimum atomic E-state index is 0.157. The summed E-state index contributed by atoms with van der Waals surface area (Å²) >= 11 is 0. The molecule has 1 aliphatic heterocycles. The average molecular weight is 197 g/mol. The molecule has 2 unspecified atom stereocenters. The fourth-order valence-corrected chi connectivity index (χ4v) is 2.28. The van der Waals surface area contributed by atoms with Gasteiger partial charge in [0.25, 0.3) is 0 Å². The Bertz CT molecular complexity index is 208. The molecule has 1 amide bonds. The van der Waals surface area contributed by atoms with E-state index in [-0.39, 0.29) is 16.7 Å². The van der Waals surface area contributed by atoms with Gasteiger partial charge >= 0.3 is 0 Å². The third-order valence-corrected chi connectivity index (χ3v) is 3.17. The maximum absolute atomic E-state index is 11.4. The Balaban J connectivity index is 2.89. The molecule has 0 spiro atoms. The SMILES string of the molecule is CC(C)(C)C1CC(=O)NC1C(C)(C)C. The Morgan fingerprint density at radius 2 is 1.57 bits per heavy atom. The van der Waals surface area contributed by atoms with Crippen molar-refractivity contribution in [3.05, 3.63) is 0 Å². The summed E-state index contributed by atoms with van der Waals surface area (Å²) < 4.78 is 0. The largest absolute Gasteiger partial charge is 0.353 e. The van der Waals surface area contributed by atoms with Crippen LogP contribution in [0.1, 0.15) is 48.0 Å². The van der Waals surface area contributed by atoms with E-state index in [4.69, 9.17) is 0 Å². The fraction of sp³-hybridized carbons (Fsp3) is 0.917. The molecule has 82 valence electrons. The van der Waals surface area contributed by atoms with Crippen LogP contribution in [-0.2, 0) is 4.79 Å². The zero-order chi connectivity index (χ0) is 11.1. The van der Waals surface area contributed by atoms with Gasteiger partial charge in [0.15, 0.2) is 0 Å². The van der Waals surface area contributed by atoms with E-state index in [2.05, 4.69) is 46.9 Å². The highest BCUT2D eigenvalue weighted by Gasteiger charge is 2.44. The molecular formula is C12H23NO. The number of amides is 1. The van der Waals surface area contributed by atoms with E-state index in [9.17, 15) is 4.79 Å². The molecule has 0 aliphatic carbocycles. The summed E-state index contributed by atoms with van der Waals surface area (Å²) in [6, 6.07) is 0.315. The second-order valence-electron chi connectivity index (χ2n) is 6.59. The average Bonchev–Trinajstić information content (AvgIpc) is 2.27. The molecule has 0 bridgehead atoms. The Hall–Kier alpha value is -0.530. The molecular weight excluding hydrogens is 174 g/mol. The van der Waals surface area contributed by atoms with Gasteiger partial charge in [0.05, 0.1) is 0 Å². The molecule has 2 heteroatoms. The summed E-state index contributed by atoms with van der Waals surface area (Å²) in [6.07, 6.45) is 0.686. The molecule has 1 heterocycles. The van der Waals surface area contributed by atoms with Crippen LogP contribution in [0.4, 0.5) is 0 Å². The lowest BCUT2D eigenvalue weighted by Crippen LogP contribution is -2.44. The first-order valence-electron chi connectivity index (χ1n) is 5.42. The van der Waals surface area contributed by atoms with Crippen molar-refractivity contribution in [2.24, 2.45) is 16.7 Å².